The number of aromatic amines is 2. The SMILES string of the molecule is C[C@@H](NC(=O)c1cccc2[nH]c(=O)[nH]c12)c1cnnn1C. The normalized spacial score (nSPS) is 12.5. The Kier molecular flexibility index (Phi) is 3.05. The Hall–Kier alpha value is -2.90. The summed E-state index contributed by atoms with van der Waals surface area (Å²) in [6.07, 6.45) is 1.60. The summed E-state index contributed by atoms with van der Waals surface area (Å²) in [7, 11) is 1.76. The molecule has 2 aromatic heterocycles. The topological polar surface area (TPSA) is 108 Å². The van der Waals surface area contributed by atoms with E-state index in [0.29, 0.717) is 16.6 Å². The smallest absolute Gasteiger partial charge is 0.323 e. The Balaban J connectivity index is 1.91. The van der Waals surface area contributed by atoms with E-state index < -0.39 is 0 Å². The van der Waals surface area contributed by atoms with Gasteiger partial charge in [0.2, 0.25) is 0 Å². The lowest BCUT2D eigenvalue weighted by atomic mass is 10.1. The van der Waals surface area contributed by atoms with Gasteiger partial charge in [-0.15, -0.1) is 5.10 Å². The van der Waals surface area contributed by atoms with E-state index in [0.717, 1.165) is 5.69 Å². The number of fused-ring (bicyclic) bond motifs is 1. The summed E-state index contributed by atoms with van der Waals surface area (Å²) >= 11 is 0. The number of imidazole rings is 1. The molecule has 0 saturated heterocycles. The Morgan fingerprint density at radius 2 is 2.19 bits per heavy atom. The van der Waals surface area contributed by atoms with Gasteiger partial charge in [0.05, 0.1) is 34.5 Å². The van der Waals surface area contributed by atoms with Gasteiger partial charge in [-0.05, 0) is 19.1 Å². The van der Waals surface area contributed by atoms with Crippen molar-refractivity contribution in [3.8, 4) is 0 Å². The van der Waals surface area contributed by atoms with Crippen LogP contribution in [0.2, 0.25) is 0 Å². The van der Waals surface area contributed by atoms with Gasteiger partial charge in [0.1, 0.15) is 0 Å². The molecule has 3 aromatic rings. The summed E-state index contributed by atoms with van der Waals surface area (Å²) < 4.78 is 1.60. The van der Waals surface area contributed by atoms with E-state index in [-0.39, 0.29) is 17.6 Å². The third-order valence-corrected chi connectivity index (χ3v) is 3.34. The van der Waals surface area contributed by atoms with Crippen LogP contribution in [0, 0.1) is 0 Å². The molecule has 0 spiro atoms. The first-order valence-corrected chi connectivity index (χ1v) is 6.42. The second kappa shape index (κ2) is 4.89. The Labute approximate surface area is 119 Å². The van der Waals surface area contributed by atoms with Gasteiger partial charge in [-0.2, -0.15) is 0 Å². The molecule has 0 fully saturated rings. The molecule has 21 heavy (non-hydrogen) atoms. The number of para-hydroxylation sites is 1. The van der Waals surface area contributed by atoms with Crippen molar-refractivity contribution in [1.82, 2.24) is 30.3 Å². The van der Waals surface area contributed by atoms with E-state index >= 15 is 0 Å². The number of rotatable bonds is 3. The molecule has 3 rings (SSSR count). The maximum absolute atomic E-state index is 12.4. The van der Waals surface area contributed by atoms with Crippen molar-refractivity contribution in [2.45, 2.75) is 13.0 Å². The van der Waals surface area contributed by atoms with Gasteiger partial charge in [0.15, 0.2) is 0 Å². The van der Waals surface area contributed by atoms with E-state index in [2.05, 4.69) is 25.6 Å². The lowest BCUT2D eigenvalue weighted by Gasteiger charge is -2.13. The van der Waals surface area contributed by atoms with Crippen molar-refractivity contribution >= 4 is 16.9 Å². The van der Waals surface area contributed by atoms with Crippen molar-refractivity contribution in [1.29, 1.82) is 0 Å². The summed E-state index contributed by atoms with van der Waals surface area (Å²) in [6, 6.07) is 4.87. The van der Waals surface area contributed by atoms with Crippen LogP contribution in [0.1, 0.15) is 29.0 Å². The quantitative estimate of drug-likeness (QED) is 0.650. The van der Waals surface area contributed by atoms with Crippen LogP contribution in [0.3, 0.4) is 0 Å². The minimum absolute atomic E-state index is 0.251. The summed E-state index contributed by atoms with van der Waals surface area (Å²) in [6.45, 7) is 1.84. The first-order chi connectivity index (χ1) is 10.1. The standard InChI is InChI=1S/C13H14N6O2/c1-7(10-6-14-18-19(10)2)15-12(20)8-4-3-5-9-11(8)17-13(21)16-9/h3-7H,1-2H3,(H,15,20)(H2,16,17,21)/t7-/m1/s1. The van der Waals surface area contributed by atoms with Crippen molar-refractivity contribution in [2.24, 2.45) is 7.05 Å². The van der Waals surface area contributed by atoms with Crippen molar-refractivity contribution in [2.75, 3.05) is 0 Å². The van der Waals surface area contributed by atoms with Gasteiger partial charge in [-0.25, -0.2) is 4.79 Å². The number of nitrogens with zero attached hydrogens (tertiary/aromatic N) is 3. The van der Waals surface area contributed by atoms with Gasteiger partial charge in [0, 0.05) is 7.05 Å². The molecule has 3 N–H and O–H groups in total. The van der Waals surface area contributed by atoms with E-state index in [9.17, 15) is 9.59 Å². The fourth-order valence-electron chi connectivity index (χ4n) is 2.29. The molecule has 1 atom stereocenters. The number of H-pyrrole nitrogens is 2. The van der Waals surface area contributed by atoms with E-state index in [1.165, 1.54) is 0 Å². The lowest BCUT2D eigenvalue weighted by molar-refractivity contribution is 0.0940. The van der Waals surface area contributed by atoms with Crippen LogP contribution < -0.4 is 11.0 Å². The summed E-state index contributed by atoms with van der Waals surface area (Å²) in [5, 5.41) is 10.5. The van der Waals surface area contributed by atoms with Crippen LogP contribution >= 0.6 is 0 Å². The molecule has 108 valence electrons. The number of hydrogen-bond acceptors (Lipinski definition) is 4. The average molecular weight is 286 g/mol. The number of carbonyl (C=O) groups excluding carboxylic acids is 1. The first kappa shape index (κ1) is 13.1. The van der Waals surface area contributed by atoms with Crippen molar-refractivity contribution in [3.63, 3.8) is 0 Å². The van der Waals surface area contributed by atoms with E-state index in [1.807, 2.05) is 6.92 Å². The van der Waals surface area contributed by atoms with Crippen LogP contribution in [0.4, 0.5) is 0 Å². The lowest BCUT2D eigenvalue weighted by Crippen LogP contribution is -2.28. The molecule has 0 aliphatic carbocycles. The number of amides is 1. The molecule has 0 unspecified atom stereocenters. The highest BCUT2D eigenvalue weighted by atomic mass is 16.2. The number of aromatic nitrogens is 5. The predicted molar refractivity (Wildman–Crippen MR) is 75.8 cm³/mol. The zero-order chi connectivity index (χ0) is 15.0. The number of carbonyl (C=O) groups is 1. The molecular formula is C13H14N6O2. The second-order valence-electron chi connectivity index (χ2n) is 4.78. The second-order valence-corrected chi connectivity index (χ2v) is 4.78. The molecule has 0 aliphatic heterocycles. The maximum atomic E-state index is 12.4. The Bertz CT molecular complexity index is 859. The van der Waals surface area contributed by atoms with Crippen LogP contribution in [0.25, 0.3) is 11.0 Å². The monoisotopic (exact) mass is 286 g/mol. The third kappa shape index (κ3) is 2.31. The maximum Gasteiger partial charge on any atom is 0.323 e. The van der Waals surface area contributed by atoms with Gasteiger partial charge in [-0.3, -0.25) is 9.48 Å². The molecule has 1 amide bonds. The highest BCUT2D eigenvalue weighted by molar-refractivity contribution is 6.04. The molecule has 8 nitrogen and oxygen atoms in total. The van der Waals surface area contributed by atoms with Crippen molar-refractivity contribution in [3.05, 3.63) is 46.1 Å². The van der Waals surface area contributed by atoms with Gasteiger partial charge in [0.25, 0.3) is 5.91 Å². The number of aryl methyl sites for hydroxylation is 1. The fourth-order valence-corrected chi connectivity index (χ4v) is 2.29. The summed E-state index contributed by atoms with van der Waals surface area (Å²) in [4.78, 5) is 29.0. The van der Waals surface area contributed by atoms with Crippen LogP contribution in [-0.2, 0) is 7.05 Å². The van der Waals surface area contributed by atoms with Crippen molar-refractivity contribution < 1.29 is 4.79 Å². The summed E-state index contributed by atoms with van der Waals surface area (Å²) in [5.41, 5.74) is 1.96. The van der Waals surface area contributed by atoms with Gasteiger partial charge >= 0.3 is 5.69 Å². The van der Waals surface area contributed by atoms with Crippen LogP contribution in [0.15, 0.2) is 29.2 Å². The molecule has 0 bridgehead atoms. The predicted octanol–water partition coefficient (Wildman–Crippen LogP) is 0.476. The zero-order valence-electron chi connectivity index (χ0n) is 11.5. The van der Waals surface area contributed by atoms with Crippen LogP contribution in [-0.4, -0.2) is 30.9 Å². The molecule has 1 aromatic carbocycles. The molecular weight excluding hydrogens is 272 g/mol. The first-order valence-electron chi connectivity index (χ1n) is 6.42. The van der Waals surface area contributed by atoms with E-state index in [4.69, 9.17) is 0 Å². The highest BCUT2D eigenvalue weighted by Gasteiger charge is 2.17. The number of hydrogen-bond donors (Lipinski definition) is 3. The minimum atomic E-state index is -0.339. The molecule has 8 heteroatoms. The third-order valence-electron chi connectivity index (χ3n) is 3.34. The number of nitrogens with one attached hydrogen (secondary N) is 3. The van der Waals surface area contributed by atoms with Crippen LogP contribution in [0.5, 0.6) is 0 Å². The molecule has 0 aliphatic rings. The minimum Gasteiger partial charge on any atom is -0.344 e. The largest absolute Gasteiger partial charge is 0.344 e. The average Bonchev–Trinajstić information content (AvgIpc) is 3.02. The van der Waals surface area contributed by atoms with Gasteiger partial charge < -0.3 is 15.3 Å². The zero-order valence-corrected chi connectivity index (χ0v) is 11.5. The Morgan fingerprint density at radius 3 is 2.90 bits per heavy atom. The summed E-state index contributed by atoms with van der Waals surface area (Å²) in [5.74, 6) is -0.274. The Morgan fingerprint density at radius 1 is 1.38 bits per heavy atom. The molecule has 0 radical (unpaired) electrons. The van der Waals surface area contributed by atoms with Gasteiger partial charge in [-0.1, -0.05) is 11.3 Å². The highest BCUT2D eigenvalue weighted by Crippen LogP contribution is 2.15. The fraction of sp³-hybridized carbons (Fsp3) is 0.231. The number of benzene rings is 1. The van der Waals surface area contributed by atoms with E-state index in [1.54, 1.807) is 36.1 Å². The molecule has 0 saturated carbocycles. The molecule has 2 heterocycles.